The predicted octanol–water partition coefficient (Wildman–Crippen LogP) is -0.963. The minimum absolute atomic E-state index is 0.268. The molecule has 0 fully saturated rings. The van der Waals surface area contributed by atoms with Crippen LogP contribution in [0.4, 0.5) is 0 Å². The molecule has 0 heterocycles. The molecule has 0 spiro atoms. The minimum atomic E-state index is -0.627. The fourth-order valence-electron chi connectivity index (χ4n) is 1.01. The van der Waals surface area contributed by atoms with Crippen LogP contribution in [0.2, 0.25) is 0 Å². The maximum absolute atomic E-state index is 11.0. The summed E-state index contributed by atoms with van der Waals surface area (Å²) in [6.45, 7) is 1.72. The Hall–Kier alpha value is -1.14. The van der Waals surface area contributed by atoms with Crippen molar-refractivity contribution >= 4 is 11.8 Å². The van der Waals surface area contributed by atoms with Crippen molar-refractivity contribution in [2.45, 2.75) is 32.2 Å². The molecule has 1 unspecified atom stereocenters. The van der Waals surface area contributed by atoms with E-state index in [4.69, 9.17) is 11.6 Å². The molecule has 0 saturated carbocycles. The highest BCUT2D eigenvalue weighted by molar-refractivity contribution is 5.86. The fourth-order valence-corrected chi connectivity index (χ4v) is 1.01. The van der Waals surface area contributed by atoms with Gasteiger partial charge >= 0.3 is 0 Å². The fraction of sp³-hybridized carbons (Fsp3) is 0.750. The van der Waals surface area contributed by atoms with Crippen LogP contribution in [0.15, 0.2) is 0 Å². The van der Waals surface area contributed by atoms with Crippen molar-refractivity contribution in [3.8, 4) is 0 Å². The van der Waals surface area contributed by atoms with Crippen LogP contribution in [0.25, 0.3) is 0 Å². The first-order chi connectivity index (χ1) is 6.61. The van der Waals surface area contributed by atoms with Gasteiger partial charge in [0, 0.05) is 0 Å². The van der Waals surface area contributed by atoms with Gasteiger partial charge in [0.1, 0.15) is 12.6 Å². The Morgan fingerprint density at radius 1 is 1.50 bits per heavy atom. The Labute approximate surface area is 82.9 Å². The molecule has 6 nitrogen and oxygen atoms in total. The SMILES string of the molecule is CCCCC(NC(=O)CON)C(N)=O. The van der Waals surface area contributed by atoms with Gasteiger partial charge in [0.25, 0.3) is 0 Å². The van der Waals surface area contributed by atoms with Gasteiger partial charge in [0.2, 0.25) is 11.8 Å². The molecule has 14 heavy (non-hydrogen) atoms. The van der Waals surface area contributed by atoms with E-state index in [-0.39, 0.29) is 6.61 Å². The van der Waals surface area contributed by atoms with Crippen LogP contribution in [0.3, 0.4) is 0 Å². The van der Waals surface area contributed by atoms with E-state index >= 15 is 0 Å². The highest BCUT2D eigenvalue weighted by atomic mass is 16.6. The number of carbonyl (C=O) groups excluding carboxylic acids is 2. The first kappa shape index (κ1) is 12.9. The van der Waals surface area contributed by atoms with Crippen LogP contribution in [-0.2, 0) is 14.4 Å². The number of rotatable bonds is 7. The first-order valence-electron chi connectivity index (χ1n) is 4.52. The summed E-state index contributed by atoms with van der Waals surface area (Å²) in [5, 5.41) is 2.43. The zero-order chi connectivity index (χ0) is 11.0. The number of nitrogens with one attached hydrogen (secondary N) is 1. The lowest BCUT2D eigenvalue weighted by molar-refractivity contribution is -0.130. The van der Waals surface area contributed by atoms with Crippen LogP contribution in [0, 0.1) is 0 Å². The number of amides is 2. The monoisotopic (exact) mass is 203 g/mol. The van der Waals surface area contributed by atoms with Crippen molar-refractivity contribution < 1.29 is 14.4 Å². The number of hydrogen-bond acceptors (Lipinski definition) is 4. The Kier molecular flexibility index (Phi) is 6.69. The Balaban J connectivity index is 3.95. The molecule has 0 radical (unpaired) electrons. The molecule has 0 aliphatic rings. The minimum Gasteiger partial charge on any atom is -0.368 e. The molecule has 2 amide bonds. The number of unbranched alkanes of at least 4 members (excludes halogenated alkanes) is 1. The summed E-state index contributed by atoms with van der Waals surface area (Å²) in [7, 11) is 0. The van der Waals surface area contributed by atoms with Gasteiger partial charge in [0.15, 0.2) is 0 Å². The Bertz CT molecular complexity index is 196. The Morgan fingerprint density at radius 2 is 2.14 bits per heavy atom. The maximum atomic E-state index is 11.0. The van der Waals surface area contributed by atoms with Crippen molar-refractivity contribution in [2.75, 3.05) is 6.61 Å². The highest BCUT2D eigenvalue weighted by Gasteiger charge is 2.16. The number of carbonyl (C=O) groups is 2. The van der Waals surface area contributed by atoms with Gasteiger partial charge in [0.05, 0.1) is 0 Å². The molecule has 0 aromatic rings. The third-order valence-corrected chi connectivity index (χ3v) is 1.74. The number of nitrogens with two attached hydrogens (primary N) is 2. The molecule has 1 atom stereocenters. The second kappa shape index (κ2) is 7.28. The van der Waals surface area contributed by atoms with Crippen LogP contribution >= 0.6 is 0 Å². The van der Waals surface area contributed by atoms with E-state index in [1.54, 1.807) is 0 Å². The molecule has 0 aliphatic carbocycles. The van der Waals surface area contributed by atoms with Gasteiger partial charge in [-0.15, -0.1) is 0 Å². The molecule has 82 valence electrons. The van der Waals surface area contributed by atoms with Crippen LogP contribution in [-0.4, -0.2) is 24.5 Å². The van der Waals surface area contributed by atoms with Crippen LogP contribution in [0.1, 0.15) is 26.2 Å². The van der Waals surface area contributed by atoms with E-state index in [0.29, 0.717) is 6.42 Å². The largest absolute Gasteiger partial charge is 0.368 e. The van der Waals surface area contributed by atoms with Gasteiger partial charge in [-0.3, -0.25) is 14.4 Å². The molecule has 0 bridgehead atoms. The lowest BCUT2D eigenvalue weighted by atomic mass is 10.1. The zero-order valence-corrected chi connectivity index (χ0v) is 8.29. The lowest BCUT2D eigenvalue weighted by Crippen LogP contribution is -2.45. The molecule has 0 aromatic carbocycles. The topological polar surface area (TPSA) is 107 Å². The number of primary amides is 1. The highest BCUT2D eigenvalue weighted by Crippen LogP contribution is 1.99. The quantitative estimate of drug-likeness (QED) is 0.463. The molecule has 0 rings (SSSR count). The summed E-state index contributed by atoms with van der Waals surface area (Å²) < 4.78 is 0. The average molecular weight is 203 g/mol. The van der Waals surface area contributed by atoms with Crippen LogP contribution in [0.5, 0.6) is 0 Å². The van der Waals surface area contributed by atoms with Crippen LogP contribution < -0.4 is 16.9 Å². The van der Waals surface area contributed by atoms with Crippen molar-refractivity contribution in [1.82, 2.24) is 5.32 Å². The molecular formula is C8H17N3O3. The molecule has 0 saturated heterocycles. The summed E-state index contributed by atoms with van der Waals surface area (Å²) >= 11 is 0. The normalized spacial score (nSPS) is 12.1. The summed E-state index contributed by atoms with van der Waals surface area (Å²) in [5.41, 5.74) is 5.10. The van der Waals surface area contributed by atoms with Gasteiger partial charge in [-0.05, 0) is 6.42 Å². The molecule has 6 heteroatoms. The van der Waals surface area contributed by atoms with E-state index in [1.807, 2.05) is 6.92 Å². The van der Waals surface area contributed by atoms with Gasteiger partial charge in [-0.25, -0.2) is 5.90 Å². The molecule has 0 aromatic heterocycles. The smallest absolute Gasteiger partial charge is 0.248 e. The predicted molar refractivity (Wildman–Crippen MR) is 50.8 cm³/mol. The molecular weight excluding hydrogens is 186 g/mol. The van der Waals surface area contributed by atoms with E-state index in [0.717, 1.165) is 12.8 Å². The average Bonchev–Trinajstić information content (AvgIpc) is 2.12. The summed E-state index contributed by atoms with van der Waals surface area (Å²) in [6, 6.07) is -0.627. The number of hydrogen-bond donors (Lipinski definition) is 3. The van der Waals surface area contributed by atoms with E-state index in [9.17, 15) is 9.59 Å². The van der Waals surface area contributed by atoms with Gasteiger partial charge < -0.3 is 11.1 Å². The van der Waals surface area contributed by atoms with Crippen molar-refractivity contribution in [3.63, 3.8) is 0 Å². The van der Waals surface area contributed by atoms with E-state index in [2.05, 4.69) is 10.2 Å². The third-order valence-electron chi connectivity index (χ3n) is 1.74. The Morgan fingerprint density at radius 3 is 2.57 bits per heavy atom. The lowest BCUT2D eigenvalue weighted by Gasteiger charge is -2.14. The van der Waals surface area contributed by atoms with E-state index in [1.165, 1.54) is 0 Å². The summed E-state index contributed by atoms with van der Waals surface area (Å²) in [5.74, 6) is 3.73. The summed E-state index contributed by atoms with van der Waals surface area (Å²) in [4.78, 5) is 26.0. The third kappa shape index (κ3) is 5.50. The zero-order valence-electron chi connectivity index (χ0n) is 8.29. The van der Waals surface area contributed by atoms with Crippen molar-refractivity contribution in [3.05, 3.63) is 0 Å². The maximum Gasteiger partial charge on any atom is 0.248 e. The second-order valence-electron chi connectivity index (χ2n) is 2.98. The molecule has 5 N–H and O–H groups in total. The van der Waals surface area contributed by atoms with E-state index < -0.39 is 17.9 Å². The first-order valence-corrected chi connectivity index (χ1v) is 4.52. The van der Waals surface area contributed by atoms with Gasteiger partial charge in [-0.1, -0.05) is 19.8 Å². The molecule has 0 aliphatic heterocycles. The second-order valence-corrected chi connectivity index (χ2v) is 2.98. The van der Waals surface area contributed by atoms with Gasteiger partial charge in [-0.2, -0.15) is 0 Å². The standard InChI is InChI=1S/C8H17N3O3/c1-2-3-4-6(8(9)13)11-7(12)5-14-10/h6H,2-5,10H2,1H3,(H2,9,13)(H,11,12). The van der Waals surface area contributed by atoms with Crippen molar-refractivity contribution in [1.29, 1.82) is 0 Å². The summed E-state index contributed by atoms with van der Waals surface area (Å²) in [6.07, 6.45) is 2.31. The van der Waals surface area contributed by atoms with Crippen molar-refractivity contribution in [2.24, 2.45) is 11.6 Å².